The molecular formula is C24H23FN6O4. The predicted octanol–water partition coefficient (Wildman–Crippen LogP) is 3.86. The Balaban J connectivity index is 1.60. The van der Waals surface area contributed by atoms with Gasteiger partial charge in [0.25, 0.3) is 0 Å². The molecule has 0 fully saturated rings. The molecule has 0 saturated carbocycles. The summed E-state index contributed by atoms with van der Waals surface area (Å²) in [6, 6.07) is 6.52. The van der Waals surface area contributed by atoms with Gasteiger partial charge in [-0.05, 0) is 39.0 Å². The van der Waals surface area contributed by atoms with E-state index in [4.69, 9.17) is 14.2 Å². The van der Waals surface area contributed by atoms with Crippen LogP contribution < -0.4 is 14.4 Å². The normalized spacial score (nSPS) is 17.0. The highest BCUT2D eigenvalue weighted by atomic mass is 19.1. The van der Waals surface area contributed by atoms with Gasteiger partial charge in [0.15, 0.2) is 17.2 Å². The summed E-state index contributed by atoms with van der Waals surface area (Å²) >= 11 is 0. The predicted molar refractivity (Wildman–Crippen MR) is 123 cm³/mol. The first-order valence-electron chi connectivity index (χ1n) is 11.2. The number of hydrogen-bond donors (Lipinski definition) is 0. The van der Waals surface area contributed by atoms with Gasteiger partial charge in [-0.1, -0.05) is 0 Å². The molecule has 4 aromatic rings. The Hall–Kier alpha value is -4.15. The van der Waals surface area contributed by atoms with E-state index in [9.17, 15) is 4.79 Å². The van der Waals surface area contributed by atoms with Crippen molar-refractivity contribution in [1.82, 2.24) is 24.4 Å². The number of anilines is 1. The lowest BCUT2D eigenvalue weighted by Gasteiger charge is -2.29. The van der Waals surface area contributed by atoms with E-state index >= 15 is 4.39 Å². The van der Waals surface area contributed by atoms with E-state index in [1.807, 2.05) is 0 Å². The van der Waals surface area contributed by atoms with Gasteiger partial charge in [0.05, 0.1) is 25.7 Å². The van der Waals surface area contributed by atoms with Gasteiger partial charge < -0.3 is 14.2 Å². The van der Waals surface area contributed by atoms with Crippen molar-refractivity contribution in [3.8, 4) is 17.2 Å². The molecule has 0 bridgehead atoms. The maximum atomic E-state index is 15.2. The Bertz CT molecular complexity index is 1440. The lowest BCUT2D eigenvalue weighted by molar-refractivity contribution is 0.0574. The monoisotopic (exact) mass is 478 g/mol. The van der Waals surface area contributed by atoms with Gasteiger partial charge in [-0.3, -0.25) is 9.30 Å². The van der Waals surface area contributed by atoms with E-state index in [0.717, 1.165) is 0 Å². The average Bonchev–Trinajstić information content (AvgIpc) is 3.56. The molecule has 0 saturated heterocycles. The van der Waals surface area contributed by atoms with Gasteiger partial charge in [-0.15, -0.1) is 10.2 Å². The number of fused-ring (bicyclic) bond motifs is 3. The van der Waals surface area contributed by atoms with Crippen LogP contribution in [0.4, 0.5) is 15.0 Å². The van der Waals surface area contributed by atoms with Crippen molar-refractivity contribution in [2.75, 3.05) is 18.1 Å². The summed E-state index contributed by atoms with van der Waals surface area (Å²) in [6.07, 6.45) is 4.26. The van der Waals surface area contributed by atoms with E-state index in [-0.39, 0.29) is 19.1 Å². The maximum absolute atomic E-state index is 15.2. The number of aromatic nitrogens is 5. The van der Waals surface area contributed by atoms with E-state index < -0.39 is 17.5 Å². The minimum absolute atomic E-state index is 0.0888. The van der Waals surface area contributed by atoms with E-state index in [0.29, 0.717) is 46.4 Å². The van der Waals surface area contributed by atoms with Crippen LogP contribution in [0, 0.1) is 5.82 Å². The number of benzene rings is 1. The highest BCUT2D eigenvalue weighted by Gasteiger charge is 2.37. The highest BCUT2D eigenvalue weighted by molar-refractivity contribution is 5.90. The summed E-state index contributed by atoms with van der Waals surface area (Å²) < 4.78 is 36.4. The fourth-order valence-electron chi connectivity index (χ4n) is 4.53. The quantitative estimate of drug-likeness (QED) is 0.410. The van der Waals surface area contributed by atoms with E-state index in [1.54, 1.807) is 60.4 Å². The van der Waals surface area contributed by atoms with Crippen molar-refractivity contribution in [2.24, 2.45) is 0 Å². The Morgan fingerprint density at radius 2 is 2.00 bits per heavy atom. The second-order valence-electron chi connectivity index (χ2n) is 9.52. The molecule has 10 nitrogen and oxygen atoms in total. The lowest BCUT2D eigenvalue weighted by Crippen LogP contribution is -2.38. The molecule has 11 heteroatoms. The van der Waals surface area contributed by atoms with Crippen LogP contribution in [0.3, 0.4) is 0 Å². The van der Waals surface area contributed by atoms with Crippen molar-refractivity contribution in [1.29, 1.82) is 0 Å². The molecule has 1 amide bonds. The van der Waals surface area contributed by atoms with Gasteiger partial charge in [-0.25, -0.2) is 13.9 Å². The summed E-state index contributed by atoms with van der Waals surface area (Å²) in [6.45, 7) is 5.82. The van der Waals surface area contributed by atoms with Crippen LogP contribution in [0.15, 0.2) is 43.0 Å². The van der Waals surface area contributed by atoms with Crippen molar-refractivity contribution >= 4 is 17.6 Å². The smallest absolute Gasteiger partial charge is 0.416 e. The number of pyridine rings is 1. The first-order valence-corrected chi connectivity index (χ1v) is 11.2. The SMILES string of the molecule is CC(C)(C)OC(=O)N1Cc2c(F)ccc3c2[C@H](CO3)COc2cc(-n3cccn3)c3nncn3c21. The number of halogens is 1. The third-order valence-corrected chi connectivity index (χ3v) is 5.98. The molecule has 1 atom stereocenters. The molecule has 0 unspecified atom stereocenters. The maximum Gasteiger partial charge on any atom is 0.416 e. The second-order valence-corrected chi connectivity index (χ2v) is 9.52. The summed E-state index contributed by atoms with van der Waals surface area (Å²) in [5.74, 6) is 0.691. The first-order chi connectivity index (χ1) is 16.8. The highest BCUT2D eigenvalue weighted by Crippen LogP contribution is 2.43. The lowest BCUT2D eigenvalue weighted by atomic mass is 9.95. The number of rotatable bonds is 1. The Morgan fingerprint density at radius 1 is 1.20 bits per heavy atom. The van der Waals surface area contributed by atoms with Crippen molar-refractivity contribution < 1.29 is 23.4 Å². The molecule has 0 N–H and O–H groups in total. The van der Waals surface area contributed by atoms with Crippen LogP contribution >= 0.6 is 0 Å². The molecule has 0 radical (unpaired) electrons. The van der Waals surface area contributed by atoms with Crippen LogP contribution in [0.1, 0.15) is 37.8 Å². The van der Waals surface area contributed by atoms with Crippen molar-refractivity contribution in [3.63, 3.8) is 0 Å². The van der Waals surface area contributed by atoms with Crippen LogP contribution in [0.25, 0.3) is 11.3 Å². The minimum atomic E-state index is -0.777. The fraction of sp³-hybridized carbons (Fsp3) is 0.333. The largest absolute Gasteiger partial charge is 0.493 e. The number of hydrogen-bond acceptors (Lipinski definition) is 7. The van der Waals surface area contributed by atoms with E-state index in [2.05, 4.69) is 15.3 Å². The zero-order valence-electron chi connectivity index (χ0n) is 19.4. The molecule has 0 aliphatic carbocycles. The van der Waals surface area contributed by atoms with Gasteiger partial charge in [0.1, 0.15) is 29.2 Å². The molecule has 180 valence electrons. The molecule has 5 heterocycles. The summed E-state index contributed by atoms with van der Waals surface area (Å²) in [5.41, 5.74) is 1.36. The number of ether oxygens (including phenoxy) is 3. The van der Waals surface area contributed by atoms with Crippen LogP contribution in [0.2, 0.25) is 0 Å². The van der Waals surface area contributed by atoms with E-state index in [1.165, 1.54) is 17.3 Å². The van der Waals surface area contributed by atoms with Gasteiger partial charge in [0, 0.05) is 29.6 Å². The topological polar surface area (TPSA) is 96.0 Å². The Labute approximate surface area is 199 Å². The van der Waals surface area contributed by atoms with Crippen molar-refractivity contribution in [3.05, 3.63) is 59.9 Å². The van der Waals surface area contributed by atoms with Crippen molar-refractivity contribution in [2.45, 2.75) is 38.8 Å². The average molecular weight is 478 g/mol. The molecule has 2 aliphatic rings. The Kier molecular flexibility index (Phi) is 4.70. The molecule has 6 rings (SSSR count). The van der Waals surface area contributed by atoms with Gasteiger partial charge in [0.2, 0.25) is 0 Å². The number of carbonyl (C=O) groups excluding carboxylic acids is 1. The number of carbonyl (C=O) groups is 1. The van der Waals surface area contributed by atoms with Crippen LogP contribution in [-0.2, 0) is 11.3 Å². The minimum Gasteiger partial charge on any atom is -0.493 e. The third-order valence-electron chi connectivity index (χ3n) is 5.98. The van der Waals surface area contributed by atoms with Crippen LogP contribution in [-0.4, -0.2) is 49.3 Å². The van der Waals surface area contributed by atoms with Gasteiger partial charge >= 0.3 is 6.09 Å². The fourth-order valence-corrected chi connectivity index (χ4v) is 4.53. The third kappa shape index (κ3) is 3.54. The standard InChI is InChI=1S/C24H23FN6O4/c1-24(2,3)35-23(32)29-10-15-16(25)5-6-18-20(15)14(11-33-18)12-34-19-9-17(31-8-4-7-27-31)21-28-26-13-30(21)22(19)29/h4-9,13-14H,10-12H2,1-3H3/t14-/m1/s1. The Morgan fingerprint density at radius 3 is 2.74 bits per heavy atom. The zero-order valence-corrected chi connectivity index (χ0v) is 19.4. The summed E-state index contributed by atoms with van der Waals surface area (Å²) in [4.78, 5) is 14.9. The molecular weight excluding hydrogens is 455 g/mol. The molecule has 3 aromatic heterocycles. The zero-order chi connectivity index (χ0) is 24.3. The first kappa shape index (κ1) is 21.4. The molecule has 1 aromatic carbocycles. The summed E-state index contributed by atoms with van der Waals surface area (Å²) in [7, 11) is 0. The molecule has 0 spiro atoms. The number of amides is 1. The number of nitrogens with zero attached hydrogens (tertiary/aromatic N) is 6. The second kappa shape index (κ2) is 7.69. The van der Waals surface area contributed by atoms with Crippen LogP contribution in [0.5, 0.6) is 11.5 Å². The molecule has 35 heavy (non-hydrogen) atoms. The van der Waals surface area contributed by atoms with Gasteiger partial charge in [-0.2, -0.15) is 5.10 Å². The molecule has 2 aliphatic heterocycles. The summed E-state index contributed by atoms with van der Waals surface area (Å²) in [5, 5.41) is 12.6.